The van der Waals surface area contributed by atoms with Crippen LogP contribution in [0.3, 0.4) is 0 Å². The molecule has 0 unspecified atom stereocenters. The van der Waals surface area contributed by atoms with Crippen LogP contribution in [0.25, 0.3) is 0 Å². The number of hydrogen-bond donors (Lipinski definition) is 2. The molecule has 0 saturated carbocycles. The summed E-state index contributed by atoms with van der Waals surface area (Å²) >= 11 is 3.66. The third-order valence-electron chi connectivity index (χ3n) is 4.28. The Labute approximate surface area is 136 Å². The molecule has 1 aromatic rings. The molecule has 0 radical (unpaired) electrons. The smallest absolute Gasteiger partial charge is 0.120 e. The van der Waals surface area contributed by atoms with Crippen molar-refractivity contribution in [2.24, 2.45) is 0 Å². The van der Waals surface area contributed by atoms with Gasteiger partial charge in [-0.05, 0) is 43.9 Å². The molecule has 0 aliphatic carbocycles. The highest BCUT2D eigenvalue weighted by molar-refractivity contribution is 9.10. The lowest BCUT2D eigenvalue weighted by molar-refractivity contribution is 0.163. The Morgan fingerprint density at radius 1 is 1.43 bits per heavy atom. The van der Waals surface area contributed by atoms with E-state index in [1.807, 2.05) is 19.1 Å². The Morgan fingerprint density at radius 2 is 2.10 bits per heavy atom. The molecule has 1 atom stereocenters. The highest BCUT2D eigenvalue weighted by Crippen LogP contribution is 2.39. The number of hydrogen-bond acceptors (Lipinski definition) is 3. The predicted octanol–water partition coefficient (Wildman–Crippen LogP) is 3.68. The van der Waals surface area contributed by atoms with Crippen LogP contribution in [0.2, 0.25) is 0 Å². The van der Waals surface area contributed by atoms with Crippen LogP contribution in [-0.2, 0) is 0 Å². The van der Waals surface area contributed by atoms with E-state index in [-0.39, 0.29) is 6.04 Å². The molecule has 0 amide bonds. The van der Waals surface area contributed by atoms with Crippen LogP contribution in [0.15, 0.2) is 23.2 Å². The SMILES string of the molecule is C=CCC[C@@H](c1c(O)cc(C)c(Br)c1C)N1CCNCC1. The first-order valence-electron chi connectivity index (χ1n) is 7.60. The summed E-state index contributed by atoms with van der Waals surface area (Å²) in [5.41, 5.74) is 3.30. The maximum atomic E-state index is 10.5. The molecule has 3 nitrogen and oxygen atoms in total. The van der Waals surface area contributed by atoms with E-state index < -0.39 is 0 Å². The van der Waals surface area contributed by atoms with Gasteiger partial charge in [-0.2, -0.15) is 0 Å². The minimum Gasteiger partial charge on any atom is -0.508 e. The average Bonchev–Trinajstić information content (AvgIpc) is 2.49. The highest BCUT2D eigenvalue weighted by atomic mass is 79.9. The summed E-state index contributed by atoms with van der Waals surface area (Å²) in [7, 11) is 0. The lowest BCUT2D eigenvalue weighted by atomic mass is 9.93. The number of nitrogens with zero attached hydrogens (tertiary/aromatic N) is 1. The molecule has 4 heteroatoms. The van der Waals surface area contributed by atoms with E-state index in [2.05, 4.69) is 39.6 Å². The molecule has 2 rings (SSSR count). The average molecular weight is 353 g/mol. The van der Waals surface area contributed by atoms with Crippen molar-refractivity contribution in [1.29, 1.82) is 0 Å². The van der Waals surface area contributed by atoms with E-state index in [0.717, 1.165) is 60.2 Å². The Morgan fingerprint density at radius 3 is 2.71 bits per heavy atom. The van der Waals surface area contributed by atoms with Gasteiger partial charge in [0.25, 0.3) is 0 Å². The Bertz CT molecular complexity index is 510. The van der Waals surface area contributed by atoms with Crippen molar-refractivity contribution in [3.8, 4) is 5.75 Å². The van der Waals surface area contributed by atoms with Gasteiger partial charge in [-0.25, -0.2) is 0 Å². The van der Waals surface area contributed by atoms with E-state index >= 15 is 0 Å². The van der Waals surface area contributed by atoms with E-state index in [0.29, 0.717) is 5.75 Å². The fraction of sp³-hybridized carbons (Fsp3) is 0.529. The number of halogens is 1. The Hall–Kier alpha value is -0.840. The quantitative estimate of drug-likeness (QED) is 0.793. The number of aromatic hydroxyl groups is 1. The number of nitrogens with one attached hydrogen (secondary N) is 1. The first kappa shape index (κ1) is 16.5. The number of rotatable bonds is 5. The molecule has 2 N–H and O–H groups in total. The summed E-state index contributed by atoms with van der Waals surface area (Å²) in [4.78, 5) is 2.48. The summed E-state index contributed by atoms with van der Waals surface area (Å²) in [5.74, 6) is 0.417. The fourth-order valence-electron chi connectivity index (χ4n) is 3.15. The molecular formula is C17H25BrN2O. The number of phenols is 1. The highest BCUT2D eigenvalue weighted by Gasteiger charge is 2.26. The molecule has 1 saturated heterocycles. The first-order valence-corrected chi connectivity index (χ1v) is 8.39. The van der Waals surface area contributed by atoms with E-state index in [1.165, 1.54) is 0 Å². The number of aryl methyl sites for hydroxylation is 1. The third kappa shape index (κ3) is 3.68. The lowest BCUT2D eigenvalue weighted by Gasteiger charge is -2.36. The van der Waals surface area contributed by atoms with E-state index in [4.69, 9.17) is 0 Å². The largest absolute Gasteiger partial charge is 0.508 e. The standard InChI is InChI=1S/C17H25BrN2O/c1-4-5-6-14(20-9-7-19-8-10-20)16-13(3)17(18)12(2)11-15(16)21/h4,11,14,19,21H,1,5-10H2,2-3H3/t14-/m0/s1. The summed E-state index contributed by atoms with van der Waals surface area (Å²) < 4.78 is 1.11. The van der Waals surface area contributed by atoms with Crippen molar-refractivity contribution >= 4 is 15.9 Å². The molecule has 0 bridgehead atoms. The monoisotopic (exact) mass is 352 g/mol. The zero-order valence-corrected chi connectivity index (χ0v) is 14.5. The zero-order valence-electron chi connectivity index (χ0n) is 13.0. The number of phenolic OH excluding ortho intramolecular Hbond substituents is 1. The summed E-state index contributed by atoms with van der Waals surface area (Å²) in [6.07, 6.45) is 3.91. The second-order valence-electron chi connectivity index (χ2n) is 5.73. The zero-order chi connectivity index (χ0) is 15.4. The number of allylic oxidation sites excluding steroid dienone is 1. The van der Waals surface area contributed by atoms with Crippen molar-refractivity contribution in [2.75, 3.05) is 26.2 Å². The summed E-state index contributed by atoms with van der Waals surface area (Å²) in [5, 5.41) is 13.9. The molecule has 1 fully saturated rings. The topological polar surface area (TPSA) is 35.5 Å². The first-order chi connectivity index (χ1) is 10.1. The van der Waals surface area contributed by atoms with Crippen LogP contribution in [0.4, 0.5) is 0 Å². The lowest BCUT2D eigenvalue weighted by Crippen LogP contribution is -2.45. The Balaban J connectivity index is 2.40. The molecule has 1 aromatic carbocycles. The van der Waals surface area contributed by atoms with Crippen LogP contribution < -0.4 is 5.32 Å². The van der Waals surface area contributed by atoms with Crippen molar-refractivity contribution < 1.29 is 5.11 Å². The second kappa shape index (κ2) is 7.43. The summed E-state index contributed by atoms with van der Waals surface area (Å²) in [6.45, 7) is 12.0. The molecular weight excluding hydrogens is 328 g/mol. The minimum absolute atomic E-state index is 0.252. The van der Waals surface area contributed by atoms with Gasteiger partial charge in [-0.1, -0.05) is 22.0 Å². The van der Waals surface area contributed by atoms with Gasteiger partial charge in [0.15, 0.2) is 0 Å². The normalized spacial score (nSPS) is 17.7. The van der Waals surface area contributed by atoms with Crippen LogP contribution >= 0.6 is 15.9 Å². The van der Waals surface area contributed by atoms with E-state index in [1.54, 1.807) is 0 Å². The van der Waals surface area contributed by atoms with Crippen LogP contribution in [0.1, 0.15) is 35.6 Å². The summed E-state index contributed by atoms with van der Waals surface area (Å²) in [6, 6.07) is 2.12. The van der Waals surface area contributed by atoms with Gasteiger partial charge < -0.3 is 10.4 Å². The molecule has 1 heterocycles. The van der Waals surface area contributed by atoms with Crippen LogP contribution in [0.5, 0.6) is 5.75 Å². The van der Waals surface area contributed by atoms with Crippen molar-refractivity contribution in [2.45, 2.75) is 32.7 Å². The van der Waals surface area contributed by atoms with Gasteiger partial charge in [0.2, 0.25) is 0 Å². The van der Waals surface area contributed by atoms with Crippen molar-refractivity contribution in [3.63, 3.8) is 0 Å². The van der Waals surface area contributed by atoms with Gasteiger partial charge >= 0.3 is 0 Å². The molecule has 1 aliphatic heterocycles. The Kier molecular flexibility index (Phi) is 5.85. The van der Waals surface area contributed by atoms with Gasteiger partial charge in [-0.3, -0.25) is 4.90 Å². The van der Waals surface area contributed by atoms with Gasteiger partial charge in [0.05, 0.1) is 0 Å². The molecule has 1 aliphatic rings. The van der Waals surface area contributed by atoms with Gasteiger partial charge in [-0.15, -0.1) is 6.58 Å². The van der Waals surface area contributed by atoms with Crippen LogP contribution in [0, 0.1) is 13.8 Å². The predicted molar refractivity (Wildman–Crippen MR) is 91.9 cm³/mol. The molecule has 21 heavy (non-hydrogen) atoms. The number of piperazine rings is 1. The second-order valence-corrected chi connectivity index (χ2v) is 6.53. The van der Waals surface area contributed by atoms with Crippen molar-refractivity contribution in [1.82, 2.24) is 10.2 Å². The van der Waals surface area contributed by atoms with Crippen molar-refractivity contribution in [3.05, 3.63) is 39.9 Å². The van der Waals surface area contributed by atoms with Gasteiger partial charge in [0, 0.05) is 42.3 Å². The number of benzene rings is 1. The maximum Gasteiger partial charge on any atom is 0.120 e. The van der Waals surface area contributed by atoms with E-state index in [9.17, 15) is 5.11 Å². The van der Waals surface area contributed by atoms with Crippen LogP contribution in [-0.4, -0.2) is 36.2 Å². The third-order valence-corrected chi connectivity index (χ3v) is 5.50. The molecule has 0 spiro atoms. The minimum atomic E-state index is 0.252. The maximum absolute atomic E-state index is 10.5. The molecule has 116 valence electrons. The van der Waals surface area contributed by atoms with Gasteiger partial charge in [0.1, 0.15) is 5.75 Å². The molecule has 0 aromatic heterocycles. The fourth-order valence-corrected chi connectivity index (χ4v) is 3.48.